The summed E-state index contributed by atoms with van der Waals surface area (Å²) >= 11 is 0. The number of rotatable bonds is 2. The second kappa shape index (κ2) is 3.73. The third-order valence-electron chi connectivity index (χ3n) is 3.63. The van der Waals surface area contributed by atoms with Crippen molar-refractivity contribution in [2.45, 2.75) is 79.8 Å². The zero-order valence-electron chi connectivity index (χ0n) is 12.3. The predicted molar refractivity (Wildman–Crippen MR) is 70.4 cm³/mol. The van der Waals surface area contributed by atoms with Crippen LogP contribution in [0.15, 0.2) is 0 Å². The number of aliphatic hydroxyl groups is 1. The van der Waals surface area contributed by atoms with Gasteiger partial charge in [-0.3, -0.25) is 0 Å². The van der Waals surface area contributed by atoms with Gasteiger partial charge in [0.05, 0.1) is 5.60 Å². The van der Waals surface area contributed by atoms with Crippen LogP contribution in [0.1, 0.15) is 74.1 Å². The topological polar surface area (TPSA) is 20.2 Å². The second-order valence-electron chi connectivity index (χ2n) is 8.66. The Bertz CT molecular complexity index is 234. The monoisotopic (exact) mass is 226 g/mol. The molecular weight excluding hydrogens is 196 g/mol. The molecule has 0 aromatic rings. The lowest BCUT2D eigenvalue weighted by atomic mass is 9.54. The van der Waals surface area contributed by atoms with Crippen LogP contribution in [-0.2, 0) is 0 Å². The fourth-order valence-corrected chi connectivity index (χ4v) is 4.96. The highest BCUT2D eigenvalue weighted by Crippen LogP contribution is 2.56. The van der Waals surface area contributed by atoms with Gasteiger partial charge in [0.15, 0.2) is 0 Å². The van der Waals surface area contributed by atoms with Crippen molar-refractivity contribution < 1.29 is 5.11 Å². The molecule has 0 aromatic carbocycles. The molecule has 0 amide bonds. The van der Waals surface area contributed by atoms with Gasteiger partial charge in [-0.25, -0.2) is 0 Å². The molecule has 0 saturated heterocycles. The van der Waals surface area contributed by atoms with E-state index in [9.17, 15) is 5.11 Å². The minimum Gasteiger partial charge on any atom is -0.390 e. The predicted octanol–water partition coefficient (Wildman–Crippen LogP) is 4.39. The maximum Gasteiger partial charge on any atom is 0.0597 e. The molecule has 0 heterocycles. The minimum absolute atomic E-state index is 0.281. The summed E-state index contributed by atoms with van der Waals surface area (Å²) in [6.07, 6.45) is 4.66. The van der Waals surface area contributed by atoms with Crippen LogP contribution in [0.25, 0.3) is 0 Å². The Labute approximate surface area is 102 Å². The van der Waals surface area contributed by atoms with Gasteiger partial charge in [0.2, 0.25) is 0 Å². The molecule has 1 aliphatic carbocycles. The van der Waals surface area contributed by atoms with E-state index in [0.29, 0.717) is 10.8 Å². The van der Waals surface area contributed by atoms with Crippen molar-refractivity contribution >= 4 is 0 Å². The molecule has 0 aliphatic heterocycles. The minimum atomic E-state index is -0.543. The molecule has 1 N–H and O–H groups in total. The van der Waals surface area contributed by atoms with Gasteiger partial charge in [-0.05, 0) is 55.8 Å². The van der Waals surface area contributed by atoms with E-state index in [-0.39, 0.29) is 5.41 Å². The Balaban J connectivity index is 2.88. The maximum atomic E-state index is 10.1. The van der Waals surface area contributed by atoms with Crippen LogP contribution < -0.4 is 0 Å². The zero-order valence-corrected chi connectivity index (χ0v) is 12.3. The van der Waals surface area contributed by atoms with Crippen LogP contribution in [0.4, 0.5) is 0 Å². The van der Waals surface area contributed by atoms with Crippen molar-refractivity contribution in [3.8, 4) is 0 Å². The van der Waals surface area contributed by atoms with E-state index in [1.807, 2.05) is 13.8 Å². The Kier molecular flexibility index (Phi) is 3.27. The number of hydrogen-bond donors (Lipinski definition) is 1. The number of hydrogen-bond acceptors (Lipinski definition) is 1. The third-order valence-corrected chi connectivity index (χ3v) is 3.63. The van der Waals surface area contributed by atoms with Gasteiger partial charge in [0, 0.05) is 0 Å². The van der Waals surface area contributed by atoms with Gasteiger partial charge >= 0.3 is 0 Å². The molecule has 1 saturated carbocycles. The van der Waals surface area contributed by atoms with E-state index in [1.54, 1.807) is 0 Å². The summed E-state index contributed by atoms with van der Waals surface area (Å²) in [5.74, 6) is 0. The molecular formula is C15H30O. The summed E-state index contributed by atoms with van der Waals surface area (Å²) in [7, 11) is 0. The lowest BCUT2D eigenvalue weighted by Gasteiger charge is -2.52. The van der Waals surface area contributed by atoms with E-state index in [4.69, 9.17) is 0 Å². The molecule has 0 atom stereocenters. The largest absolute Gasteiger partial charge is 0.390 e. The van der Waals surface area contributed by atoms with Crippen LogP contribution in [0.3, 0.4) is 0 Å². The van der Waals surface area contributed by atoms with E-state index in [0.717, 1.165) is 6.42 Å². The Morgan fingerprint density at radius 2 is 1.25 bits per heavy atom. The second-order valence-corrected chi connectivity index (χ2v) is 8.66. The average Bonchev–Trinajstić information content (AvgIpc) is 1.66. The van der Waals surface area contributed by atoms with Crippen LogP contribution >= 0.6 is 0 Å². The van der Waals surface area contributed by atoms with Gasteiger partial charge in [-0.2, -0.15) is 0 Å². The van der Waals surface area contributed by atoms with Crippen LogP contribution in [0, 0.1) is 16.2 Å². The molecule has 16 heavy (non-hydrogen) atoms. The highest BCUT2D eigenvalue weighted by molar-refractivity contribution is 4.97. The van der Waals surface area contributed by atoms with E-state index in [1.165, 1.54) is 19.3 Å². The van der Waals surface area contributed by atoms with E-state index < -0.39 is 5.60 Å². The van der Waals surface area contributed by atoms with Crippen LogP contribution in [0.5, 0.6) is 0 Å². The molecule has 0 aromatic heterocycles. The van der Waals surface area contributed by atoms with Crippen molar-refractivity contribution in [2.24, 2.45) is 16.2 Å². The quantitative estimate of drug-likeness (QED) is 0.740. The maximum absolute atomic E-state index is 10.1. The first kappa shape index (κ1) is 14.0. The fourth-order valence-electron chi connectivity index (χ4n) is 4.96. The van der Waals surface area contributed by atoms with Gasteiger partial charge in [-0.15, -0.1) is 0 Å². The van der Waals surface area contributed by atoms with Crippen LogP contribution in [-0.4, -0.2) is 10.7 Å². The summed E-state index contributed by atoms with van der Waals surface area (Å²) in [5.41, 5.74) is 0.547. The lowest BCUT2D eigenvalue weighted by Crippen LogP contribution is -2.43. The van der Waals surface area contributed by atoms with Gasteiger partial charge in [-0.1, -0.05) is 34.6 Å². The van der Waals surface area contributed by atoms with Crippen molar-refractivity contribution in [3.63, 3.8) is 0 Å². The highest BCUT2D eigenvalue weighted by Gasteiger charge is 2.46. The first-order valence-electron chi connectivity index (χ1n) is 6.55. The van der Waals surface area contributed by atoms with Crippen molar-refractivity contribution in [3.05, 3.63) is 0 Å². The molecule has 1 nitrogen and oxygen atoms in total. The summed E-state index contributed by atoms with van der Waals surface area (Å²) < 4.78 is 0. The first-order valence-corrected chi connectivity index (χ1v) is 6.55. The molecule has 1 heteroatoms. The van der Waals surface area contributed by atoms with Crippen LogP contribution in [0.2, 0.25) is 0 Å². The Morgan fingerprint density at radius 3 is 1.56 bits per heavy atom. The standard InChI is InChI=1S/C15H30O/c1-12(2)8-13(3,4)10-15(7,9-12)11-14(5,6)16/h16H,8-11H2,1-7H3. The van der Waals surface area contributed by atoms with Crippen molar-refractivity contribution in [1.82, 2.24) is 0 Å². The molecule has 0 spiro atoms. The molecule has 96 valence electrons. The summed E-state index contributed by atoms with van der Waals surface area (Å²) in [5, 5.41) is 10.1. The van der Waals surface area contributed by atoms with Gasteiger partial charge in [0.25, 0.3) is 0 Å². The van der Waals surface area contributed by atoms with Crippen molar-refractivity contribution in [2.75, 3.05) is 0 Å². The van der Waals surface area contributed by atoms with Gasteiger partial charge < -0.3 is 5.11 Å². The van der Waals surface area contributed by atoms with Gasteiger partial charge in [0.1, 0.15) is 0 Å². The summed E-state index contributed by atoms with van der Waals surface area (Å²) in [6, 6.07) is 0. The molecule has 1 aliphatic rings. The Morgan fingerprint density at radius 1 is 0.875 bits per heavy atom. The normalized spacial score (nSPS) is 27.8. The first-order chi connectivity index (χ1) is 6.83. The summed E-state index contributed by atoms with van der Waals surface area (Å²) in [4.78, 5) is 0. The summed E-state index contributed by atoms with van der Waals surface area (Å²) in [6.45, 7) is 15.7. The zero-order chi connectivity index (χ0) is 12.8. The Hall–Kier alpha value is -0.0400. The molecule has 1 rings (SSSR count). The van der Waals surface area contributed by atoms with E-state index in [2.05, 4.69) is 34.6 Å². The third kappa shape index (κ3) is 4.08. The smallest absolute Gasteiger partial charge is 0.0597 e. The lowest BCUT2D eigenvalue weighted by molar-refractivity contribution is -0.0479. The molecule has 0 bridgehead atoms. The molecule has 0 unspecified atom stereocenters. The molecule has 0 radical (unpaired) electrons. The highest BCUT2D eigenvalue weighted by atomic mass is 16.3. The average molecular weight is 226 g/mol. The molecule has 1 fully saturated rings. The fraction of sp³-hybridized carbons (Fsp3) is 1.00. The SMILES string of the molecule is CC(C)(O)CC1(C)CC(C)(C)CC(C)(C)C1. The van der Waals surface area contributed by atoms with Crippen molar-refractivity contribution in [1.29, 1.82) is 0 Å². The van der Waals surface area contributed by atoms with E-state index >= 15 is 0 Å².